The minimum Gasteiger partial charge on any atom is -0.493 e. The van der Waals surface area contributed by atoms with E-state index in [1.54, 1.807) is 12.1 Å². The van der Waals surface area contributed by atoms with E-state index in [1.807, 2.05) is 0 Å². The summed E-state index contributed by atoms with van der Waals surface area (Å²) in [5.41, 5.74) is 0.414. The average Bonchev–Trinajstić information content (AvgIpc) is 2.59. The van der Waals surface area contributed by atoms with Gasteiger partial charge in [0.25, 0.3) is 5.91 Å². The van der Waals surface area contributed by atoms with Crippen LogP contribution < -0.4 is 19.5 Å². The van der Waals surface area contributed by atoms with Crippen molar-refractivity contribution in [3.63, 3.8) is 0 Å². The molecule has 0 atom stereocenters. The fourth-order valence-corrected chi connectivity index (χ4v) is 2.10. The molecule has 0 saturated heterocycles. The van der Waals surface area contributed by atoms with Crippen LogP contribution in [0.15, 0.2) is 12.1 Å². The van der Waals surface area contributed by atoms with Gasteiger partial charge in [0, 0.05) is 19.8 Å². The molecule has 0 spiro atoms. The molecule has 0 fully saturated rings. The largest absolute Gasteiger partial charge is 0.493 e. The van der Waals surface area contributed by atoms with E-state index in [9.17, 15) is 4.79 Å². The minimum absolute atomic E-state index is 0.212. The van der Waals surface area contributed by atoms with Gasteiger partial charge in [-0.25, -0.2) is 0 Å². The molecule has 0 unspecified atom stereocenters. The van der Waals surface area contributed by atoms with Gasteiger partial charge in [-0.1, -0.05) is 13.3 Å². The first-order valence-corrected chi connectivity index (χ1v) is 7.84. The first kappa shape index (κ1) is 19.1. The van der Waals surface area contributed by atoms with Crippen molar-refractivity contribution in [2.45, 2.75) is 26.2 Å². The van der Waals surface area contributed by atoms with E-state index < -0.39 is 0 Å². The van der Waals surface area contributed by atoms with Crippen molar-refractivity contribution in [1.29, 1.82) is 0 Å². The van der Waals surface area contributed by atoms with Crippen LogP contribution >= 0.6 is 0 Å². The van der Waals surface area contributed by atoms with Crippen LogP contribution in [-0.4, -0.2) is 47.0 Å². The summed E-state index contributed by atoms with van der Waals surface area (Å²) in [7, 11) is 4.54. The molecule has 1 amide bonds. The third-order valence-electron chi connectivity index (χ3n) is 3.34. The van der Waals surface area contributed by atoms with Crippen LogP contribution in [0.4, 0.5) is 0 Å². The molecule has 1 aromatic carbocycles. The van der Waals surface area contributed by atoms with Crippen molar-refractivity contribution in [2.24, 2.45) is 0 Å². The van der Waals surface area contributed by atoms with Gasteiger partial charge in [0.1, 0.15) is 0 Å². The highest BCUT2D eigenvalue weighted by Crippen LogP contribution is 2.39. The van der Waals surface area contributed by atoms with Gasteiger partial charge in [0.15, 0.2) is 11.5 Å². The molecule has 1 rings (SSSR count). The maximum Gasteiger partial charge on any atom is 0.255 e. The number of amides is 1. The van der Waals surface area contributed by atoms with E-state index in [4.69, 9.17) is 18.9 Å². The first-order valence-electron chi connectivity index (χ1n) is 7.84. The Morgan fingerprint density at radius 1 is 1.00 bits per heavy atom. The fraction of sp³-hybridized carbons (Fsp3) is 0.588. The molecule has 0 aliphatic carbocycles. The molecule has 0 radical (unpaired) electrons. The summed E-state index contributed by atoms with van der Waals surface area (Å²) in [5.74, 6) is 1.08. The summed E-state index contributed by atoms with van der Waals surface area (Å²) in [6.07, 6.45) is 2.95. The zero-order valence-corrected chi connectivity index (χ0v) is 14.4. The van der Waals surface area contributed by atoms with Gasteiger partial charge < -0.3 is 24.3 Å². The lowest BCUT2D eigenvalue weighted by Crippen LogP contribution is -2.26. The van der Waals surface area contributed by atoms with Gasteiger partial charge in [-0.2, -0.15) is 0 Å². The van der Waals surface area contributed by atoms with Crippen molar-refractivity contribution in [2.75, 3.05) is 41.1 Å². The Labute approximate surface area is 138 Å². The predicted molar refractivity (Wildman–Crippen MR) is 88.8 cm³/mol. The second-order valence-corrected chi connectivity index (χ2v) is 4.96. The summed E-state index contributed by atoms with van der Waals surface area (Å²) in [4.78, 5) is 12.3. The molecular formula is C17H27NO5. The highest BCUT2D eigenvalue weighted by Gasteiger charge is 2.20. The fourth-order valence-electron chi connectivity index (χ4n) is 2.10. The van der Waals surface area contributed by atoms with E-state index in [0.29, 0.717) is 36.0 Å². The summed E-state index contributed by atoms with van der Waals surface area (Å²) in [5, 5.41) is 2.86. The Hall–Kier alpha value is -1.95. The van der Waals surface area contributed by atoms with Gasteiger partial charge in [-0.15, -0.1) is 0 Å². The number of methoxy groups -OCH3 is 3. The van der Waals surface area contributed by atoms with Crippen LogP contribution in [0.5, 0.6) is 17.2 Å². The quantitative estimate of drug-likeness (QED) is 0.634. The smallest absolute Gasteiger partial charge is 0.255 e. The van der Waals surface area contributed by atoms with Gasteiger partial charge in [0.05, 0.1) is 26.9 Å². The molecule has 6 heteroatoms. The lowest BCUT2D eigenvalue weighted by Gasteiger charge is -2.15. The van der Waals surface area contributed by atoms with Crippen LogP contribution in [0.3, 0.4) is 0 Å². The molecule has 0 heterocycles. The lowest BCUT2D eigenvalue weighted by molar-refractivity contribution is 0.0936. The molecule has 1 aromatic rings. The van der Waals surface area contributed by atoms with Crippen molar-refractivity contribution in [1.82, 2.24) is 5.32 Å². The Balaban J connectivity index is 2.59. The zero-order valence-electron chi connectivity index (χ0n) is 14.4. The second-order valence-electron chi connectivity index (χ2n) is 4.96. The Morgan fingerprint density at radius 2 is 1.70 bits per heavy atom. The number of nitrogens with one attached hydrogen (secondary N) is 1. The molecule has 130 valence electrons. The molecule has 1 N–H and O–H groups in total. The highest BCUT2D eigenvalue weighted by molar-refractivity contribution is 5.98. The number of ether oxygens (including phenoxy) is 4. The number of benzene rings is 1. The van der Waals surface area contributed by atoms with Gasteiger partial charge >= 0.3 is 0 Å². The Bertz CT molecular complexity index is 490. The maximum atomic E-state index is 12.3. The van der Waals surface area contributed by atoms with Gasteiger partial charge in [-0.05, 0) is 25.0 Å². The van der Waals surface area contributed by atoms with Gasteiger partial charge in [-0.3, -0.25) is 4.79 Å². The molecule has 0 aliphatic heterocycles. The predicted octanol–water partition coefficient (Wildman–Crippen LogP) is 2.65. The molecule has 23 heavy (non-hydrogen) atoms. The van der Waals surface area contributed by atoms with E-state index in [-0.39, 0.29) is 5.91 Å². The van der Waals surface area contributed by atoms with Crippen molar-refractivity contribution >= 4 is 5.91 Å². The highest BCUT2D eigenvalue weighted by atomic mass is 16.5. The summed E-state index contributed by atoms with van der Waals surface area (Å²) >= 11 is 0. The Kier molecular flexibility index (Phi) is 8.90. The van der Waals surface area contributed by atoms with E-state index in [1.165, 1.54) is 21.3 Å². The van der Waals surface area contributed by atoms with E-state index in [2.05, 4.69) is 12.2 Å². The first-order chi connectivity index (χ1) is 11.2. The van der Waals surface area contributed by atoms with Crippen LogP contribution in [0.1, 0.15) is 36.5 Å². The maximum absolute atomic E-state index is 12.3. The second kappa shape index (κ2) is 10.7. The molecular weight excluding hydrogens is 298 g/mol. The molecule has 0 bridgehead atoms. The number of hydrogen-bond donors (Lipinski definition) is 1. The monoisotopic (exact) mass is 325 g/mol. The normalized spacial score (nSPS) is 10.3. The SMILES string of the molecule is CCCCOCCCNC(=O)c1ccc(OC)c(OC)c1OC. The molecule has 0 aliphatic rings. The number of hydrogen-bond acceptors (Lipinski definition) is 5. The number of carbonyl (C=O) groups excluding carboxylic acids is 1. The zero-order chi connectivity index (χ0) is 17.1. The number of rotatable bonds is 11. The number of carbonyl (C=O) groups is 1. The van der Waals surface area contributed by atoms with Crippen LogP contribution in [0, 0.1) is 0 Å². The third kappa shape index (κ3) is 5.63. The topological polar surface area (TPSA) is 66.0 Å². The van der Waals surface area contributed by atoms with Crippen LogP contribution in [-0.2, 0) is 4.74 Å². The molecule has 6 nitrogen and oxygen atoms in total. The summed E-state index contributed by atoms with van der Waals surface area (Å²) in [6.45, 7) is 4.08. The van der Waals surface area contributed by atoms with Crippen LogP contribution in [0.25, 0.3) is 0 Å². The van der Waals surface area contributed by atoms with E-state index in [0.717, 1.165) is 25.9 Å². The molecule has 0 saturated carbocycles. The van der Waals surface area contributed by atoms with Crippen molar-refractivity contribution < 1.29 is 23.7 Å². The van der Waals surface area contributed by atoms with Crippen LogP contribution in [0.2, 0.25) is 0 Å². The standard InChI is InChI=1S/C17H27NO5/c1-5-6-11-23-12-7-10-18-17(19)13-8-9-14(20-2)16(22-4)15(13)21-3/h8-9H,5-7,10-12H2,1-4H3,(H,18,19). The minimum atomic E-state index is -0.212. The third-order valence-corrected chi connectivity index (χ3v) is 3.34. The average molecular weight is 325 g/mol. The summed E-state index contributed by atoms with van der Waals surface area (Å²) < 4.78 is 21.3. The van der Waals surface area contributed by atoms with Crippen molar-refractivity contribution in [3.05, 3.63) is 17.7 Å². The number of unbranched alkanes of at least 4 members (excludes halogenated alkanes) is 1. The van der Waals surface area contributed by atoms with Gasteiger partial charge in [0.2, 0.25) is 5.75 Å². The van der Waals surface area contributed by atoms with E-state index >= 15 is 0 Å². The Morgan fingerprint density at radius 3 is 2.30 bits per heavy atom. The lowest BCUT2D eigenvalue weighted by atomic mass is 10.1. The molecule has 0 aromatic heterocycles. The summed E-state index contributed by atoms with van der Waals surface area (Å²) in [6, 6.07) is 3.34. The van der Waals surface area contributed by atoms with Crippen molar-refractivity contribution in [3.8, 4) is 17.2 Å².